The monoisotopic (exact) mass is 314 g/mol. The van der Waals surface area contributed by atoms with Crippen molar-refractivity contribution in [3.05, 3.63) is 63.6 Å². The minimum absolute atomic E-state index is 0.176. The summed E-state index contributed by atoms with van der Waals surface area (Å²) >= 11 is 3.40. The molecule has 1 amide bonds. The number of benzene rings is 2. The van der Waals surface area contributed by atoms with Gasteiger partial charge in [0.1, 0.15) is 0 Å². The molecule has 0 radical (unpaired) electrons. The van der Waals surface area contributed by atoms with Crippen molar-refractivity contribution in [2.75, 3.05) is 5.32 Å². The molecule has 3 nitrogen and oxygen atoms in total. The first-order chi connectivity index (χ1) is 9.10. The second-order valence-corrected chi connectivity index (χ2v) is 4.96. The standard InChI is InChI=1S/C15H11BrN2O/c1-10-2-5-12(8-14(10)16)15(19)18-13-6-3-11(9-17)4-7-13/h2-8H,1H3,(H,18,19). The number of carbonyl (C=O) groups is 1. The Morgan fingerprint density at radius 1 is 1.21 bits per heavy atom. The molecule has 2 aromatic rings. The number of carbonyl (C=O) groups excluding carboxylic acids is 1. The van der Waals surface area contributed by atoms with Crippen molar-refractivity contribution in [2.24, 2.45) is 0 Å². The van der Waals surface area contributed by atoms with E-state index in [1.807, 2.05) is 19.1 Å². The van der Waals surface area contributed by atoms with Crippen molar-refractivity contribution in [1.29, 1.82) is 5.26 Å². The summed E-state index contributed by atoms with van der Waals surface area (Å²) in [7, 11) is 0. The minimum atomic E-state index is -0.176. The highest BCUT2D eigenvalue weighted by atomic mass is 79.9. The Labute approximate surface area is 120 Å². The van der Waals surface area contributed by atoms with Gasteiger partial charge in [-0.05, 0) is 48.9 Å². The Morgan fingerprint density at radius 3 is 2.47 bits per heavy atom. The number of nitriles is 1. The van der Waals surface area contributed by atoms with Crippen LogP contribution >= 0.6 is 15.9 Å². The third-order valence-electron chi connectivity index (χ3n) is 2.71. The van der Waals surface area contributed by atoms with Gasteiger partial charge in [-0.2, -0.15) is 5.26 Å². The van der Waals surface area contributed by atoms with Crippen LogP contribution in [0.2, 0.25) is 0 Å². The third kappa shape index (κ3) is 3.21. The molecule has 0 saturated heterocycles. The maximum Gasteiger partial charge on any atom is 0.255 e. The summed E-state index contributed by atoms with van der Waals surface area (Å²) in [5.74, 6) is -0.176. The Bertz CT molecular complexity index is 657. The van der Waals surface area contributed by atoms with Crippen LogP contribution in [-0.4, -0.2) is 5.91 Å². The number of hydrogen-bond donors (Lipinski definition) is 1. The average molecular weight is 315 g/mol. The van der Waals surface area contributed by atoms with E-state index in [1.54, 1.807) is 36.4 Å². The molecule has 0 aromatic heterocycles. The van der Waals surface area contributed by atoms with E-state index < -0.39 is 0 Å². The molecule has 0 aliphatic rings. The zero-order chi connectivity index (χ0) is 13.8. The lowest BCUT2D eigenvalue weighted by molar-refractivity contribution is 0.102. The first-order valence-corrected chi connectivity index (χ1v) is 6.47. The molecule has 0 atom stereocenters. The van der Waals surface area contributed by atoms with E-state index in [9.17, 15) is 4.79 Å². The maximum absolute atomic E-state index is 12.0. The molecule has 0 aliphatic heterocycles. The summed E-state index contributed by atoms with van der Waals surface area (Å²) in [6, 6.07) is 14.2. The zero-order valence-electron chi connectivity index (χ0n) is 10.3. The summed E-state index contributed by atoms with van der Waals surface area (Å²) in [5, 5.41) is 11.5. The van der Waals surface area contributed by atoms with Crippen LogP contribution in [0.1, 0.15) is 21.5 Å². The van der Waals surface area contributed by atoms with Crippen LogP contribution in [-0.2, 0) is 0 Å². The lowest BCUT2D eigenvalue weighted by atomic mass is 10.1. The number of anilines is 1. The molecule has 4 heteroatoms. The molecule has 1 N–H and O–H groups in total. The fourth-order valence-electron chi connectivity index (χ4n) is 1.57. The molecule has 2 aromatic carbocycles. The predicted molar refractivity (Wildman–Crippen MR) is 78.0 cm³/mol. The van der Waals surface area contributed by atoms with Crippen LogP contribution in [0, 0.1) is 18.3 Å². The van der Waals surface area contributed by atoms with Crippen LogP contribution < -0.4 is 5.32 Å². The highest BCUT2D eigenvalue weighted by Gasteiger charge is 2.07. The van der Waals surface area contributed by atoms with Crippen molar-refractivity contribution in [3.63, 3.8) is 0 Å². The third-order valence-corrected chi connectivity index (χ3v) is 3.56. The molecular formula is C15H11BrN2O. The number of amides is 1. The van der Waals surface area contributed by atoms with Gasteiger partial charge in [0.15, 0.2) is 0 Å². The Kier molecular flexibility index (Phi) is 3.98. The normalized spacial score (nSPS) is 9.74. The number of nitrogens with zero attached hydrogens (tertiary/aromatic N) is 1. The van der Waals surface area contributed by atoms with Crippen LogP contribution in [0.5, 0.6) is 0 Å². The maximum atomic E-state index is 12.0. The van der Waals surface area contributed by atoms with Gasteiger partial charge in [0.2, 0.25) is 0 Å². The van der Waals surface area contributed by atoms with Gasteiger partial charge in [0.25, 0.3) is 5.91 Å². The Hall–Kier alpha value is -2.12. The number of hydrogen-bond acceptors (Lipinski definition) is 2. The van der Waals surface area contributed by atoms with Gasteiger partial charge in [-0.25, -0.2) is 0 Å². The molecule has 19 heavy (non-hydrogen) atoms. The van der Waals surface area contributed by atoms with Crippen molar-refractivity contribution < 1.29 is 4.79 Å². The molecule has 0 unspecified atom stereocenters. The summed E-state index contributed by atoms with van der Waals surface area (Å²) < 4.78 is 0.903. The van der Waals surface area contributed by atoms with Crippen molar-refractivity contribution in [1.82, 2.24) is 0 Å². The van der Waals surface area contributed by atoms with E-state index >= 15 is 0 Å². The van der Waals surface area contributed by atoms with Crippen LogP contribution in [0.25, 0.3) is 0 Å². The largest absolute Gasteiger partial charge is 0.322 e. The van der Waals surface area contributed by atoms with E-state index in [1.165, 1.54) is 0 Å². The second kappa shape index (κ2) is 5.68. The molecule has 0 aliphatic carbocycles. The van der Waals surface area contributed by atoms with Crippen LogP contribution in [0.3, 0.4) is 0 Å². The fraction of sp³-hybridized carbons (Fsp3) is 0.0667. The smallest absolute Gasteiger partial charge is 0.255 e. The zero-order valence-corrected chi connectivity index (χ0v) is 11.9. The fourth-order valence-corrected chi connectivity index (χ4v) is 1.94. The molecular weight excluding hydrogens is 304 g/mol. The van der Waals surface area contributed by atoms with E-state index in [0.29, 0.717) is 16.8 Å². The van der Waals surface area contributed by atoms with E-state index in [4.69, 9.17) is 5.26 Å². The van der Waals surface area contributed by atoms with Gasteiger partial charge in [-0.3, -0.25) is 4.79 Å². The van der Waals surface area contributed by atoms with Gasteiger partial charge in [-0.1, -0.05) is 22.0 Å². The highest BCUT2D eigenvalue weighted by molar-refractivity contribution is 9.10. The summed E-state index contributed by atoms with van der Waals surface area (Å²) in [4.78, 5) is 12.0. The van der Waals surface area contributed by atoms with Gasteiger partial charge in [0, 0.05) is 15.7 Å². The average Bonchev–Trinajstić information content (AvgIpc) is 2.42. The molecule has 2 rings (SSSR count). The first kappa shape index (κ1) is 13.3. The quantitative estimate of drug-likeness (QED) is 0.914. The number of nitrogens with one attached hydrogen (secondary N) is 1. The van der Waals surface area contributed by atoms with Gasteiger partial charge in [-0.15, -0.1) is 0 Å². The van der Waals surface area contributed by atoms with Crippen molar-refractivity contribution >= 4 is 27.5 Å². The number of rotatable bonds is 2. The van der Waals surface area contributed by atoms with Gasteiger partial charge >= 0.3 is 0 Å². The van der Waals surface area contributed by atoms with Crippen LogP contribution in [0.15, 0.2) is 46.9 Å². The molecule has 0 heterocycles. The van der Waals surface area contributed by atoms with Gasteiger partial charge in [0.05, 0.1) is 11.6 Å². The summed E-state index contributed by atoms with van der Waals surface area (Å²) in [5.41, 5.74) is 2.90. The number of aryl methyl sites for hydroxylation is 1. The highest BCUT2D eigenvalue weighted by Crippen LogP contribution is 2.18. The summed E-state index contributed by atoms with van der Waals surface area (Å²) in [6.45, 7) is 1.96. The minimum Gasteiger partial charge on any atom is -0.322 e. The van der Waals surface area contributed by atoms with Crippen molar-refractivity contribution in [3.8, 4) is 6.07 Å². The molecule has 0 spiro atoms. The predicted octanol–water partition coefficient (Wildman–Crippen LogP) is 3.88. The SMILES string of the molecule is Cc1ccc(C(=O)Nc2ccc(C#N)cc2)cc1Br. The first-order valence-electron chi connectivity index (χ1n) is 5.68. The van der Waals surface area contributed by atoms with E-state index in [-0.39, 0.29) is 5.91 Å². The second-order valence-electron chi connectivity index (χ2n) is 4.11. The molecule has 0 bridgehead atoms. The summed E-state index contributed by atoms with van der Waals surface area (Å²) in [6.07, 6.45) is 0. The Balaban J connectivity index is 2.16. The lowest BCUT2D eigenvalue weighted by Gasteiger charge is -2.06. The van der Waals surface area contributed by atoms with Gasteiger partial charge < -0.3 is 5.32 Å². The Morgan fingerprint density at radius 2 is 1.89 bits per heavy atom. The number of halogens is 1. The lowest BCUT2D eigenvalue weighted by Crippen LogP contribution is -2.11. The van der Waals surface area contributed by atoms with Crippen molar-refractivity contribution in [2.45, 2.75) is 6.92 Å². The topological polar surface area (TPSA) is 52.9 Å². The van der Waals surface area contributed by atoms with Crippen LogP contribution in [0.4, 0.5) is 5.69 Å². The van der Waals surface area contributed by atoms with E-state index in [2.05, 4.69) is 21.2 Å². The van der Waals surface area contributed by atoms with E-state index in [0.717, 1.165) is 10.0 Å². The molecule has 94 valence electrons. The molecule has 0 saturated carbocycles. The molecule has 0 fully saturated rings.